The number of carbonyl (C=O) groups is 1. The van der Waals surface area contributed by atoms with Gasteiger partial charge in [-0.2, -0.15) is 15.1 Å². The molecule has 10 heteroatoms. The van der Waals surface area contributed by atoms with Gasteiger partial charge in [-0.15, -0.1) is 0 Å². The molecular formula is C30H29Cl2N5O2S. The Balaban J connectivity index is 1.31. The maximum atomic E-state index is 13.2. The number of aromatic nitrogens is 1. The number of fused-ring (bicyclic) bond motifs is 2. The Morgan fingerprint density at radius 2 is 1.93 bits per heavy atom. The molecule has 206 valence electrons. The van der Waals surface area contributed by atoms with Crippen LogP contribution in [-0.4, -0.2) is 38.1 Å². The summed E-state index contributed by atoms with van der Waals surface area (Å²) in [7, 11) is 0. The predicted molar refractivity (Wildman–Crippen MR) is 165 cm³/mol. The summed E-state index contributed by atoms with van der Waals surface area (Å²) in [5.74, 6) is 0.625. The van der Waals surface area contributed by atoms with Crippen LogP contribution in [0.2, 0.25) is 10.0 Å². The molecule has 7 nitrogen and oxygen atoms in total. The molecule has 0 radical (unpaired) electrons. The molecule has 0 spiro atoms. The molecule has 3 aromatic rings. The molecule has 6 rings (SSSR count). The third-order valence-electron chi connectivity index (χ3n) is 7.71. The van der Waals surface area contributed by atoms with Gasteiger partial charge in [-0.25, -0.2) is 0 Å². The summed E-state index contributed by atoms with van der Waals surface area (Å²) in [4.78, 5) is 17.5. The number of aryl methyl sites for hydroxylation is 1. The Hall–Kier alpha value is -3.07. The van der Waals surface area contributed by atoms with Crippen molar-refractivity contribution in [2.45, 2.75) is 52.5 Å². The van der Waals surface area contributed by atoms with Gasteiger partial charge in [0, 0.05) is 33.1 Å². The Morgan fingerprint density at radius 3 is 2.70 bits per heavy atom. The third kappa shape index (κ3) is 5.08. The number of rotatable bonds is 6. The lowest BCUT2D eigenvalue weighted by Crippen LogP contribution is -2.35. The lowest BCUT2D eigenvalue weighted by molar-refractivity contribution is -0.114. The maximum Gasteiger partial charge on any atom is 0.283 e. The fourth-order valence-electron chi connectivity index (χ4n) is 5.60. The molecular weight excluding hydrogens is 565 g/mol. The smallest absolute Gasteiger partial charge is 0.283 e. The van der Waals surface area contributed by atoms with E-state index in [2.05, 4.69) is 27.8 Å². The van der Waals surface area contributed by atoms with Gasteiger partial charge in [-0.1, -0.05) is 54.1 Å². The van der Waals surface area contributed by atoms with Crippen LogP contribution in [0, 0.1) is 25.2 Å². The van der Waals surface area contributed by atoms with Crippen molar-refractivity contribution in [2.75, 3.05) is 6.61 Å². The van der Waals surface area contributed by atoms with Gasteiger partial charge in [0.1, 0.15) is 17.4 Å². The second kappa shape index (κ2) is 11.1. The van der Waals surface area contributed by atoms with Crippen molar-refractivity contribution in [2.24, 2.45) is 16.0 Å². The number of hydrogen-bond acceptors (Lipinski definition) is 5. The zero-order valence-electron chi connectivity index (χ0n) is 22.3. The quantitative estimate of drug-likeness (QED) is 0.295. The number of hydrazone groups is 1. The fourth-order valence-corrected chi connectivity index (χ4v) is 7.12. The van der Waals surface area contributed by atoms with E-state index in [0.29, 0.717) is 40.0 Å². The first-order valence-electron chi connectivity index (χ1n) is 13.5. The van der Waals surface area contributed by atoms with Crippen LogP contribution in [0.4, 0.5) is 0 Å². The SMILES string of the molecule is Cc1ccc2c(c1)c(C=C1C(=N)N3N=C(C4CCCCC4)SC3=NC1=O)c(C)n2CCOc1ccc(Cl)cc1Cl. The van der Waals surface area contributed by atoms with Gasteiger partial charge < -0.3 is 9.30 Å². The minimum Gasteiger partial charge on any atom is -0.490 e. The summed E-state index contributed by atoms with van der Waals surface area (Å²) in [5.41, 5.74) is 4.23. The molecule has 3 aliphatic rings. The fraction of sp³-hybridized carbons (Fsp3) is 0.333. The van der Waals surface area contributed by atoms with Crippen molar-refractivity contribution in [3.63, 3.8) is 0 Å². The summed E-state index contributed by atoms with van der Waals surface area (Å²) in [6.45, 7) is 5.02. The first kappa shape index (κ1) is 27.1. The molecule has 1 aliphatic carbocycles. The summed E-state index contributed by atoms with van der Waals surface area (Å²) in [6.07, 6.45) is 7.64. The average Bonchev–Trinajstić information content (AvgIpc) is 3.47. The molecule has 0 unspecified atom stereocenters. The van der Waals surface area contributed by atoms with Gasteiger partial charge in [0.25, 0.3) is 5.91 Å². The topological polar surface area (TPSA) is 83.0 Å². The van der Waals surface area contributed by atoms with Crippen LogP contribution in [0.5, 0.6) is 5.75 Å². The van der Waals surface area contributed by atoms with Gasteiger partial charge in [0.05, 0.1) is 17.1 Å². The summed E-state index contributed by atoms with van der Waals surface area (Å²) in [5, 5.41) is 18.7. The highest BCUT2D eigenvalue weighted by atomic mass is 35.5. The molecule has 40 heavy (non-hydrogen) atoms. The van der Waals surface area contributed by atoms with Gasteiger partial charge in [-0.05, 0) is 74.9 Å². The van der Waals surface area contributed by atoms with Crippen LogP contribution in [-0.2, 0) is 11.3 Å². The Kier molecular flexibility index (Phi) is 7.50. The zero-order valence-corrected chi connectivity index (χ0v) is 24.7. The molecule has 0 atom stereocenters. The maximum absolute atomic E-state index is 13.2. The van der Waals surface area contributed by atoms with Gasteiger partial charge >= 0.3 is 0 Å². The number of thioether (sulfide) groups is 1. The zero-order chi connectivity index (χ0) is 28.0. The summed E-state index contributed by atoms with van der Waals surface area (Å²) < 4.78 is 8.14. The van der Waals surface area contributed by atoms with Crippen molar-refractivity contribution in [3.8, 4) is 5.75 Å². The number of hydrogen-bond donors (Lipinski definition) is 1. The van der Waals surface area contributed by atoms with Crippen LogP contribution in [0.25, 0.3) is 17.0 Å². The van der Waals surface area contributed by atoms with E-state index in [4.69, 9.17) is 38.4 Å². The van der Waals surface area contributed by atoms with Crippen LogP contribution in [0.3, 0.4) is 0 Å². The highest BCUT2D eigenvalue weighted by Gasteiger charge is 2.38. The number of carbonyl (C=O) groups excluding carboxylic acids is 1. The minimum atomic E-state index is -0.405. The van der Waals surface area contributed by atoms with E-state index in [0.717, 1.165) is 45.6 Å². The van der Waals surface area contributed by atoms with E-state index in [9.17, 15) is 4.79 Å². The predicted octanol–water partition coefficient (Wildman–Crippen LogP) is 7.84. The molecule has 1 aromatic heterocycles. The van der Waals surface area contributed by atoms with Crippen molar-refractivity contribution in [1.29, 1.82) is 5.41 Å². The average molecular weight is 595 g/mol. The van der Waals surface area contributed by atoms with E-state index < -0.39 is 5.91 Å². The van der Waals surface area contributed by atoms with Crippen molar-refractivity contribution in [1.82, 2.24) is 9.58 Å². The molecule has 1 amide bonds. The molecule has 2 aromatic carbocycles. The van der Waals surface area contributed by atoms with Crippen LogP contribution in [0.15, 0.2) is 52.1 Å². The van der Waals surface area contributed by atoms with E-state index in [1.165, 1.54) is 36.0 Å². The lowest BCUT2D eigenvalue weighted by atomic mass is 9.90. The number of halogens is 2. The van der Waals surface area contributed by atoms with E-state index >= 15 is 0 Å². The van der Waals surface area contributed by atoms with E-state index in [1.807, 2.05) is 13.8 Å². The number of aliphatic imine (C=N–C) groups is 1. The number of amides is 1. The largest absolute Gasteiger partial charge is 0.490 e. The van der Waals surface area contributed by atoms with Crippen molar-refractivity contribution >= 4 is 73.9 Å². The first-order valence-corrected chi connectivity index (χ1v) is 15.0. The number of nitrogens with zero attached hydrogens (tertiary/aromatic N) is 4. The Labute approximate surface area is 247 Å². The third-order valence-corrected chi connectivity index (χ3v) is 9.31. The number of nitrogens with one attached hydrogen (secondary N) is 1. The van der Waals surface area contributed by atoms with Gasteiger partial charge in [0.2, 0.25) is 5.17 Å². The summed E-state index contributed by atoms with van der Waals surface area (Å²) >= 11 is 13.7. The molecule has 1 N–H and O–H groups in total. The van der Waals surface area contributed by atoms with Crippen LogP contribution in [0.1, 0.15) is 48.9 Å². The molecule has 0 bridgehead atoms. The number of ether oxygens (including phenoxy) is 1. The van der Waals surface area contributed by atoms with Gasteiger partial charge in [0.15, 0.2) is 5.84 Å². The van der Waals surface area contributed by atoms with Crippen LogP contribution >= 0.6 is 35.0 Å². The Morgan fingerprint density at radius 1 is 1.12 bits per heavy atom. The number of amidine groups is 2. The second-order valence-electron chi connectivity index (χ2n) is 10.4. The standard InChI is InChI=1S/C30H29Cl2N5O2S/c1-17-8-10-25-22(14-17)21(18(2)36(25)12-13-39-26-11-9-20(31)15-24(26)32)16-23-27(33)37-30(34-28(23)38)40-29(35-37)19-6-4-3-5-7-19/h8-11,14-16,19,33H,3-7,12-13H2,1-2H3. The highest BCUT2D eigenvalue weighted by molar-refractivity contribution is 8.27. The Bertz CT molecular complexity index is 1630. The second-order valence-corrected chi connectivity index (χ2v) is 12.2. The molecule has 0 saturated heterocycles. The molecule has 1 saturated carbocycles. The first-order chi connectivity index (χ1) is 19.3. The van der Waals surface area contributed by atoms with Crippen molar-refractivity contribution < 1.29 is 9.53 Å². The normalized spacial score (nSPS) is 18.9. The highest BCUT2D eigenvalue weighted by Crippen LogP contribution is 2.37. The van der Waals surface area contributed by atoms with Crippen LogP contribution < -0.4 is 4.74 Å². The molecule has 3 heterocycles. The molecule has 2 aliphatic heterocycles. The lowest BCUT2D eigenvalue weighted by Gasteiger charge is -2.20. The summed E-state index contributed by atoms with van der Waals surface area (Å²) in [6, 6.07) is 11.4. The minimum absolute atomic E-state index is 0.0713. The molecule has 1 fully saturated rings. The van der Waals surface area contributed by atoms with E-state index in [1.54, 1.807) is 24.3 Å². The number of benzene rings is 2. The van der Waals surface area contributed by atoms with Gasteiger partial charge in [-0.3, -0.25) is 10.2 Å². The van der Waals surface area contributed by atoms with Crippen molar-refractivity contribution in [3.05, 3.63) is 68.8 Å². The van der Waals surface area contributed by atoms with E-state index in [-0.39, 0.29) is 11.4 Å². The monoisotopic (exact) mass is 593 g/mol.